The van der Waals surface area contributed by atoms with Crippen molar-refractivity contribution in [3.8, 4) is 0 Å². The highest BCUT2D eigenvalue weighted by molar-refractivity contribution is 7.71. The highest BCUT2D eigenvalue weighted by Crippen LogP contribution is 2.24. The standard InChI is InChI=1S/C12H14N2O3S2/c1-16-12(3-4-17-7-12)6-14-10(15)8-2-5-19-9(8)13-11(14)18/h2,5H,3-4,6-7H2,1H3,(H,13,18). The molecule has 1 aliphatic rings. The summed E-state index contributed by atoms with van der Waals surface area (Å²) in [6, 6.07) is 1.81. The Labute approximate surface area is 118 Å². The van der Waals surface area contributed by atoms with E-state index in [1.54, 1.807) is 11.7 Å². The Morgan fingerprint density at radius 1 is 1.68 bits per heavy atom. The van der Waals surface area contributed by atoms with Gasteiger partial charge in [-0.15, -0.1) is 11.3 Å². The summed E-state index contributed by atoms with van der Waals surface area (Å²) >= 11 is 6.76. The molecule has 0 amide bonds. The second-order valence-corrected chi connectivity index (χ2v) is 5.98. The summed E-state index contributed by atoms with van der Waals surface area (Å²) in [7, 11) is 1.65. The Hall–Kier alpha value is -1.02. The molecule has 1 saturated heterocycles. The first-order valence-corrected chi connectivity index (χ1v) is 7.27. The van der Waals surface area contributed by atoms with Gasteiger partial charge in [0.05, 0.1) is 18.5 Å². The molecule has 2 aromatic rings. The van der Waals surface area contributed by atoms with Crippen LogP contribution in [0.4, 0.5) is 0 Å². The number of aromatic amines is 1. The van der Waals surface area contributed by atoms with Gasteiger partial charge in [0.1, 0.15) is 10.4 Å². The number of ether oxygens (including phenoxy) is 2. The molecule has 0 aliphatic carbocycles. The van der Waals surface area contributed by atoms with Crippen LogP contribution in [0.2, 0.25) is 0 Å². The van der Waals surface area contributed by atoms with Crippen molar-refractivity contribution in [1.29, 1.82) is 0 Å². The quantitative estimate of drug-likeness (QED) is 0.880. The highest BCUT2D eigenvalue weighted by atomic mass is 32.1. The summed E-state index contributed by atoms with van der Waals surface area (Å²) in [6.45, 7) is 1.57. The maximum absolute atomic E-state index is 12.4. The number of nitrogens with one attached hydrogen (secondary N) is 1. The number of aromatic nitrogens is 2. The molecule has 19 heavy (non-hydrogen) atoms. The Morgan fingerprint density at radius 3 is 3.21 bits per heavy atom. The van der Waals surface area contributed by atoms with Crippen LogP contribution in [0.25, 0.3) is 10.2 Å². The van der Waals surface area contributed by atoms with Crippen LogP contribution >= 0.6 is 23.6 Å². The van der Waals surface area contributed by atoms with E-state index in [9.17, 15) is 4.79 Å². The molecule has 1 unspecified atom stereocenters. The van der Waals surface area contributed by atoms with Crippen LogP contribution in [0.15, 0.2) is 16.2 Å². The normalized spacial score (nSPS) is 23.2. The molecule has 1 N–H and O–H groups in total. The summed E-state index contributed by atoms with van der Waals surface area (Å²) in [5.41, 5.74) is -0.516. The van der Waals surface area contributed by atoms with Crippen molar-refractivity contribution in [3.63, 3.8) is 0 Å². The first-order valence-electron chi connectivity index (χ1n) is 5.98. The lowest BCUT2D eigenvalue weighted by molar-refractivity contribution is -0.0304. The van der Waals surface area contributed by atoms with Crippen LogP contribution in [-0.2, 0) is 16.0 Å². The molecule has 2 aromatic heterocycles. The number of rotatable bonds is 3. The minimum Gasteiger partial charge on any atom is -0.378 e. The van der Waals surface area contributed by atoms with E-state index in [0.29, 0.717) is 29.9 Å². The SMILES string of the molecule is COC1(Cn2c(=S)[nH]c3sccc3c2=O)CCOC1. The molecule has 0 radical (unpaired) electrons. The second-order valence-electron chi connectivity index (χ2n) is 4.67. The van der Waals surface area contributed by atoms with E-state index in [2.05, 4.69) is 4.98 Å². The molecule has 1 atom stereocenters. The van der Waals surface area contributed by atoms with Crippen LogP contribution in [-0.4, -0.2) is 35.5 Å². The van der Waals surface area contributed by atoms with E-state index in [-0.39, 0.29) is 5.56 Å². The number of hydrogen-bond acceptors (Lipinski definition) is 5. The van der Waals surface area contributed by atoms with Crippen molar-refractivity contribution in [2.45, 2.75) is 18.6 Å². The molecule has 0 saturated carbocycles. The van der Waals surface area contributed by atoms with Crippen LogP contribution < -0.4 is 5.56 Å². The number of nitrogens with zero attached hydrogens (tertiary/aromatic N) is 1. The number of hydrogen-bond donors (Lipinski definition) is 1. The molecule has 3 heterocycles. The molecule has 0 aromatic carbocycles. The molecule has 1 aliphatic heterocycles. The zero-order chi connectivity index (χ0) is 13.5. The van der Waals surface area contributed by atoms with Crippen LogP contribution in [0.5, 0.6) is 0 Å². The summed E-state index contributed by atoms with van der Waals surface area (Å²) in [5.74, 6) is 0. The zero-order valence-corrected chi connectivity index (χ0v) is 12.1. The number of fused-ring (bicyclic) bond motifs is 1. The molecular weight excluding hydrogens is 284 g/mol. The third-order valence-corrected chi connectivity index (χ3v) is 4.71. The number of methoxy groups -OCH3 is 1. The Bertz CT molecular complexity index is 710. The van der Waals surface area contributed by atoms with E-state index in [1.165, 1.54) is 11.3 Å². The fourth-order valence-electron chi connectivity index (χ4n) is 2.35. The molecule has 3 rings (SSSR count). The molecule has 5 nitrogen and oxygen atoms in total. The average Bonchev–Trinajstić information content (AvgIpc) is 3.04. The van der Waals surface area contributed by atoms with E-state index >= 15 is 0 Å². The summed E-state index contributed by atoms with van der Waals surface area (Å²) < 4.78 is 13.0. The van der Waals surface area contributed by atoms with E-state index in [1.807, 2.05) is 11.4 Å². The van der Waals surface area contributed by atoms with Gasteiger partial charge in [0, 0.05) is 20.1 Å². The third-order valence-electron chi connectivity index (χ3n) is 3.55. The van der Waals surface area contributed by atoms with Gasteiger partial charge in [-0.25, -0.2) is 0 Å². The minimum atomic E-state index is -0.449. The molecular formula is C12H14N2O3S2. The average molecular weight is 298 g/mol. The van der Waals surface area contributed by atoms with Gasteiger partial charge in [-0.1, -0.05) is 0 Å². The zero-order valence-electron chi connectivity index (χ0n) is 10.5. The van der Waals surface area contributed by atoms with Gasteiger partial charge < -0.3 is 14.5 Å². The van der Waals surface area contributed by atoms with Gasteiger partial charge in [-0.05, 0) is 23.7 Å². The Balaban J connectivity index is 2.10. The van der Waals surface area contributed by atoms with Gasteiger partial charge in [0.25, 0.3) is 5.56 Å². The highest BCUT2D eigenvalue weighted by Gasteiger charge is 2.36. The summed E-state index contributed by atoms with van der Waals surface area (Å²) in [5, 5.41) is 2.55. The molecule has 1 fully saturated rings. The molecule has 7 heteroatoms. The van der Waals surface area contributed by atoms with E-state index < -0.39 is 5.60 Å². The fraction of sp³-hybridized carbons (Fsp3) is 0.500. The van der Waals surface area contributed by atoms with Gasteiger partial charge >= 0.3 is 0 Å². The smallest absolute Gasteiger partial charge is 0.263 e. The van der Waals surface area contributed by atoms with Gasteiger partial charge in [0.2, 0.25) is 0 Å². The van der Waals surface area contributed by atoms with E-state index in [0.717, 1.165) is 11.3 Å². The number of H-pyrrole nitrogens is 1. The van der Waals surface area contributed by atoms with Crippen molar-refractivity contribution in [2.24, 2.45) is 0 Å². The van der Waals surface area contributed by atoms with Crippen molar-refractivity contribution < 1.29 is 9.47 Å². The van der Waals surface area contributed by atoms with Crippen molar-refractivity contribution >= 4 is 33.8 Å². The lowest BCUT2D eigenvalue weighted by atomic mass is 10.0. The minimum absolute atomic E-state index is 0.0664. The summed E-state index contributed by atoms with van der Waals surface area (Å²) in [4.78, 5) is 16.4. The van der Waals surface area contributed by atoms with Gasteiger partial charge in [0.15, 0.2) is 4.77 Å². The molecule has 0 bridgehead atoms. The topological polar surface area (TPSA) is 56.2 Å². The van der Waals surface area contributed by atoms with Crippen LogP contribution in [0.1, 0.15) is 6.42 Å². The van der Waals surface area contributed by atoms with Crippen molar-refractivity contribution in [1.82, 2.24) is 9.55 Å². The second kappa shape index (κ2) is 4.82. The molecule has 0 spiro atoms. The fourth-order valence-corrected chi connectivity index (χ4v) is 3.44. The predicted molar refractivity (Wildman–Crippen MR) is 76.4 cm³/mol. The maximum atomic E-state index is 12.4. The third kappa shape index (κ3) is 2.16. The first-order chi connectivity index (χ1) is 9.15. The number of thiophene rings is 1. The van der Waals surface area contributed by atoms with Gasteiger partial charge in [-0.2, -0.15) is 0 Å². The lowest BCUT2D eigenvalue weighted by Crippen LogP contribution is -2.40. The van der Waals surface area contributed by atoms with Crippen LogP contribution in [0.3, 0.4) is 0 Å². The predicted octanol–water partition coefficient (Wildman–Crippen LogP) is 1.93. The van der Waals surface area contributed by atoms with Gasteiger partial charge in [-0.3, -0.25) is 9.36 Å². The maximum Gasteiger partial charge on any atom is 0.263 e. The first kappa shape index (κ1) is 13.0. The van der Waals surface area contributed by atoms with E-state index in [4.69, 9.17) is 21.7 Å². The van der Waals surface area contributed by atoms with Crippen molar-refractivity contribution in [2.75, 3.05) is 20.3 Å². The van der Waals surface area contributed by atoms with Crippen LogP contribution in [0, 0.1) is 4.77 Å². The monoisotopic (exact) mass is 298 g/mol. The Kier molecular flexibility index (Phi) is 3.30. The molecule has 102 valence electrons. The largest absolute Gasteiger partial charge is 0.378 e. The lowest BCUT2D eigenvalue weighted by Gasteiger charge is -2.26. The summed E-state index contributed by atoms with van der Waals surface area (Å²) in [6.07, 6.45) is 0.770. The van der Waals surface area contributed by atoms with Crippen molar-refractivity contribution in [3.05, 3.63) is 26.6 Å². The Morgan fingerprint density at radius 2 is 2.53 bits per heavy atom.